The molecule has 0 heterocycles. The molecule has 0 aliphatic heterocycles. The fourth-order valence-electron chi connectivity index (χ4n) is 2.44. The summed E-state index contributed by atoms with van der Waals surface area (Å²) in [5.41, 5.74) is 7.87. The average molecular weight is 342 g/mol. The van der Waals surface area contributed by atoms with Crippen LogP contribution in [0.25, 0.3) is 0 Å². The van der Waals surface area contributed by atoms with E-state index in [0.29, 0.717) is 12.3 Å². The maximum Gasteiger partial charge on any atom is 0.257 e. The standard InChI is InChI=1S/C19H22N2O4/c1-13-6-3-4-7-14(13)10-11-21-17(22)12-25-18-15(19(20)23)8-5-9-16(18)24-2/h3-9H,10-12H2,1-2H3,(H2,20,23)(H,21,22). The molecular formula is C19H22N2O4. The van der Waals surface area contributed by atoms with Crippen LogP contribution in [0, 0.1) is 6.92 Å². The number of methoxy groups -OCH3 is 1. The van der Waals surface area contributed by atoms with Gasteiger partial charge in [0.15, 0.2) is 18.1 Å². The summed E-state index contributed by atoms with van der Waals surface area (Å²) in [5, 5.41) is 2.79. The van der Waals surface area contributed by atoms with Crippen molar-refractivity contribution in [2.45, 2.75) is 13.3 Å². The molecule has 0 spiro atoms. The molecule has 2 amide bonds. The predicted octanol–water partition coefficient (Wildman–Crippen LogP) is 1.84. The van der Waals surface area contributed by atoms with Gasteiger partial charge in [0.25, 0.3) is 11.8 Å². The van der Waals surface area contributed by atoms with Gasteiger partial charge in [0.1, 0.15) is 0 Å². The highest BCUT2D eigenvalue weighted by atomic mass is 16.5. The zero-order chi connectivity index (χ0) is 18.2. The van der Waals surface area contributed by atoms with Gasteiger partial charge in [-0.25, -0.2) is 0 Å². The third-order valence-electron chi connectivity index (χ3n) is 3.79. The second-order valence-corrected chi connectivity index (χ2v) is 5.52. The number of rotatable bonds is 8. The summed E-state index contributed by atoms with van der Waals surface area (Å²) in [6, 6.07) is 12.8. The monoisotopic (exact) mass is 342 g/mol. The van der Waals surface area contributed by atoms with E-state index in [9.17, 15) is 9.59 Å². The zero-order valence-electron chi connectivity index (χ0n) is 14.4. The third kappa shape index (κ3) is 4.97. The Labute approximate surface area is 146 Å². The summed E-state index contributed by atoms with van der Waals surface area (Å²) >= 11 is 0. The van der Waals surface area contributed by atoms with E-state index in [-0.39, 0.29) is 23.8 Å². The minimum atomic E-state index is -0.645. The lowest BCUT2D eigenvalue weighted by atomic mass is 10.1. The molecule has 0 aliphatic carbocycles. The number of nitrogens with one attached hydrogen (secondary N) is 1. The summed E-state index contributed by atoms with van der Waals surface area (Å²) in [5.74, 6) is -0.403. The molecule has 2 aromatic carbocycles. The molecule has 0 atom stereocenters. The van der Waals surface area contributed by atoms with Crippen LogP contribution < -0.4 is 20.5 Å². The van der Waals surface area contributed by atoms with Gasteiger partial charge in [-0.3, -0.25) is 9.59 Å². The normalized spacial score (nSPS) is 10.2. The highest BCUT2D eigenvalue weighted by Crippen LogP contribution is 2.30. The van der Waals surface area contributed by atoms with E-state index in [4.69, 9.17) is 15.2 Å². The molecule has 0 aromatic heterocycles. The summed E-state index contributed by atoms with van der Waals surface area (Å²) in [7, 11) is 1.45. The number of primary amides is 1. The first-order chi connectivity index (χ1) is 12.0. The highest BCUT2D eigenvalue weighted by Gasteiger charge is 2.16. The van der Waals surface area contributed by atoms with Crippen molar-refractivity contribution in [1.82, 2.24) is 5.32 Å². The Morgan fingerprint density at radius 2 is 1.88 bits per heavy atom. The van der Waals surface area contributed by atoms with E-state index in [1.807, 2.05) is 31.2 Å². The molecule has 0 saturated heterocycles. The van der Waals surface area contributed by atoms with Crippen molar-refractivity contribution in [3.8, 4) is 11.5 Å². The fourth-order valence-corrected chi connectivity index (χ4v) is 2.44. The van der Waals surface area contributed by atoms with E-state index < -0.39 is 5.91 Å². The second kappa shape index (κ2) is 8.73. The number of aryl methyl sites for hydroxylation is 1. The molecule has 0 radical (unpaired) electrons. The Balaban J connectivity index is 1.90. The first-order valence-electron chi connectivity index (χ1n) is 7.93. The summed E-state index contributed by atoms with van der Waals surface area (Å²) < 4.78 is 10.6. The van der Waals surface area contributed by atoms with Gasteiger partial charge in [-0.2, -0.15) is 0 Å². The van der Waals surface area contributed by atoms with Gasteiger partial charge in [-0.05, 0) is 36.6 Å². The van der Waals surface area contributed by atoms with Gasteiger partial charge in [0.2, 0.25) is 0 Å². The highest BCUT2D eigenvalue weighted by molar-refractivity contribution is 5.96. The zero-order valence-corrected chi connectivity index (χ0v) is 14.4. The van der Waals surface area contributed by atoms with E-state index in [0.717, 1.165) is 6.42 Å². The smallest absolute Gasteiger partial charge is 0.257 e. The number of carbonyl (C=O) groups excluding carboxylic acids is 2. The molecule has 0 unspecified atom stereocenters. The molecule has 0 bridgehead atoms. The van der Waals surface area contributed by atoms with Crippen LogP contribution in [-0.4, -0.2) is 32.1 Å². The van der Waals surface area contributed by atoms with Gasteiger partial charge in [-0.1, -0.05) is 30.3 Å². The van der Waals surface area contributed by atoms with Crippen molar-refractivity contribution < 1.29 is 19.1 Å². The summed E-state index contributed by atoms with van der Waals surface area (Å²) in [6.45, 7) is 2.31. The third-order valence-corrected chi connectivity index (χ3v) is 3.79. The van der Waals surface area contributed by atoms with Crippen LogP contribution in [0.2, 0.25) is 0 Å². The maximum absolute atomic E-state index is 12.0. The Morgan fingerprint density at radius 1 is 1.12 bits per heavy atom. The lowest BCUT2D eigenvalue weighted by Crippen LogP contribution is -2.31. The van der Waals surface area contributed by atoms with Gasteiger partial charge >= 0.3 is 0 Å². The lowest BCUT2D eigenvalue weighted by molar-refractivity contribution is -0.123. The molecule has 0 aliphatic rings. The number of hydrogen-bond acceptors (Lipinski definition) is 4. The minimum Gasteiger partial charge on any atom is -0.493 e. The molecule has 0 fully saturated rings. The van der Waals surface area contributed by atoms with Crippen LogP contribution in [0.4, 0.5) is 0 Å². The number of ether oxygens (including phenoxy) is 2. The molecule has 3 N–H and O–H groups in total. The van der Waals surface area contributed by atoms with Crippen LogP contribution in [0.5, 0.6) is 11.5 Å². The molecule has 2 aromatic rings. The lowest BCUT2D eigenvalue weighted by Gasteiger charge is -2.13. The Kier molecular flexibility index (Phi) is 6.39. The first kappa shape index (κ1) is 18.3. The van der Waals surface area contributed by atoms with Crippen LogP contribution in [0.1, 0.15) is 21.5 Å². The van der Waals surface area contributed by atoms with Crippen LogP contribution in [0.15, 0.2) is 42.5 Å². The molecule has 2 rings (SSSR count). The Bertz CT molecular complexity index is 759. The minimum absolute atomic E-state index is 0.173. The topological polar surface area (TPSA) is 90.7 Å². The Morgan fingerprint density at radius 3 is 2.56 bits per heavy atom. The van der Waals surface area contributed by atoms with Crippen molar-refractivity contribution in [1.29, 1.82) is 0 Å². The van der Waals surface area contributed by atoms with E-state index in [1.54, 1.807) is 12.1 Å². The maximum atomic E-state index is 12.0. The number of hydrogen-bond donors (Lipinski definition) is 2. The van der Waals surface area contributed by atoms with Crippen molar-refractivity contribution in [2.75, 3.05) is 20.3 Å². The van der Waals surface area contributed by atoms with Gasteiger partial charge < -0.3 is 20.5 Å². The number of para-hydroxylation sites is 1. The van der Waals surface area contributed by atoms with Gasteiger partial charge in [0.05, 0.1) is 12.7 Å². The van der Waals surface area contributed by atoms with Crippen molar-refractivity contribution in [3.05, 3.63) is 59.2 Å². The van der Waals surface area contributed by atoms with Crippen LogP contribution in [0.3, 0.4) is 0 Å². The van der Waals surface area contributed by atoms with Gasteiger partial charge in [0, 0.05) is 6.54 Å². The number of nitrogens with two attached hydrogens (primary N) is 1. The molecule has 132 valence electrons. The van der Waals surface area contributed by atoms with Crippen molar-refractivity contribution >= 4 is 11.8 Å². The average Bonchev–Trinajstić information content (AvgIpc) is 2.61. The second-order valence-electron chi connectivity index (χ2n) is 5.52. The van der Waals surface area contributed by atoms with Crippen LogP contribution >= 0.6 is 0 Å². The van der Waals surface area contributed by atoms with Crippen molar-refractivity contribution in [2.24, 2.45) is 5.73 Å². The molecular weight excluding hydrogens is 320 g/mol. The molecule has 6 nitrogen and oxygen atoms in total. The summed E-state index contributed by atoms with van der Waals surface area (Å²) in [6.07, 6.45) is 0.736. The van der Waals surface area contributed by atoms with Crippen molar-refractivity contribution in [3.63, 3.8) is 0 Å². The predicted molar refractivity (Wildman–Crippen MR) is 94.9 cm³/mol. The van der Waals surface area contributed by atoms with E-state index >= 15 is 0 Å². The number of benzene rings is 2. The summed E-state index contributed by atoms with van der Waals surface area (Å²) in [4.78, 5) is 23.5. The number of carbonyl (C=O) groups is 2. The molecule has 0 saturated carbocycles. The Hall–Kier alpha value is -3.02. The molecule has 6 heteroatoms. The largest absolute Gasteiger partial charge is 0.493 e. The fraction of sp³-hybridized carbons (Fsp3) is 0.263. The number of amides is 2. The van der Waals surface area contributed by atoms with E-state index in [1.165, 1.54) is 24.3 Å². The van der Waals surface area contributed by atoms with Crippen LogP contribution in [-0.2, 0) is 11.2 Å². The van der Waals surface area contributed by atoms with Gasteiger partial charge in [-0.15, -0.1) is 0 Å². The quantitative estimate of drug-likeness (QED) is 0.766. The SMILES string of the molecule is COc1cccc(C(N)=O)c1OCC(=O)NCCc1ccccc1C. The van der Waals surface area contributed by atoms with E-state index in [2.05, 4.69) is 5.32 Å². The first-order valence-corrected chi connectivity index (χ1v) is 7.93. The molecule has 25 heavy (non-hydrogen) atoms.